The third-order valence-corrected chi connectivity index (χ3v) is 1.21. The summed E-state index contributed by atoms with van der Waals surface area (Å²) in [6.07, 6.45) is 3.66. The van der Waals surface area contributed by atoms with Crippen LogP contribution in [-0.2, 0) is 5.11 Å². The fraction of sp³-hybridized carbons (Fsp3) is 0.714. The van der Waals surface area contributed by atoms with Crippen molar-refractivity contribution in [1.29, 1.82) is 0 Å². The fourth-order valence-corrected chi connectivity index (χ4v) is 0.523. The van der Waals surface area contributed by atoms with Crippen molar-refractivity contribution in [2.45, 2.75) is 19.8 Å². The van der Waals surface area contributed by atoms with E-state index in [1.165, 1.54) is 0 Å². The summed E-state index contributed by atoms with van der Waals surface area (Å²) in [6, 6.07) is 0. The summed E-state index contributed by atoms with van der Waals surface area (Å²) < 4.78 is 0. The van der Waals surface area contributed by atoms with Gasteiger partial charge in [-0.15, -0.1) is 6.58 Å². The molecule has 0 saturated heterocycles. The minimum Gasteiger partial charge on any atom is -0.237 e. The van der Waals surface area contributed by atoms with E-state index >= 15 is 0 Å². The summed E-state index contributed by atoms with van der Waals surface area (Å²) in [7, 11) is 0. The number of hydrogen-bond donors (Lipinski definition) is 0. The van der Waals surface area contributed by atoms with Crippen molar-refractivity contribution < 1.29 is 5.11 Å². The molecule has 1 nitrogen and oxygen atoms in total. The molecular formula is C7H13O. The molecule has 1 radical (unpaired) electrons. The first-order valence-corrected chi connectivity index (χ1v) is 3.02. The van der Waals surface area contributed by atoms with Crippen LogP contribution in [0.25, 0.3) is 0 Å². The highest BCUT2D eigenvalue weighted by molar-refractivity contribution is 4.74. The second-order valence-corrected chi connectivity index (χ2v) is 2.06. The summed E-state index contributed by atoms with van der Waals surface area (Å²) in [4.78, 5) is 0. The van der Waals surface area contributed by atoms with Gasteiger partial charge in [0.05, 0.1) is 6.61 Å². The first-order valence-electron chi connectivity index (χ1n) is 3.02. The van der Waals surface area contributed by atoms with Crippen molar-refractivity contribution in [1.82, 2.24) is 0 Å². The Morgan fingerprint density at radius 1 is 1.75 bits per heavy atom. The van der Waals surface area contributed by atoms with E-state index in [1.54, 1.807) is 0 Å². The lowest BCUT2D eigenvalue weighted by molar-refractivity contribution is 0.184. The zero-order chi connectivity index (χ0) is 6.41. The maximum atomic E-state index is 9.92. The average molecular weight is 113 g/mol. The maximum Gasteiger partial charge on any atom is 0.0822 e. The molecule has 8 heavy (non-hydrogen) atoms. The van der Waals surface area contributed by atoms with Crippen molar-refractivity contribution in [3.8, 4) is 0 Å². The average Bonchev–Trinajstić information content (AvgIpc) is 1.83. The number of hydrogen-bond acceptors (Lipinski definition) is 0. The minimum absolute atomic E-state index is 0.0537. The predicted molar refractivity (Wildman–Crippen MR) is 34.1 cm³/mol. The Balaban J connectivity index is 2.98. The Hall–Kier alpha value is -0.300. The molecular weight excluding hydrogens is 100 g/mol. The first kappa shape index (κ1) is 7.70. The highest BCUT2D eigenvalue weighted by atomic mass is 16.2. The summed E-state index contributed by atoms with van der Waals surface area (Å²) in [5.41, 5.74) is 0. The smallest absolute Gasteiger partial charge is 0.0822 e. The van der Waals surface area contributed by atoms with Gasteiger partial charge in [0.2, 0.25) is 0 Å². The Bertz CT molecular complexity index is 59.4. The van der Waals surface area contributed by atoms with Gasteiger partial charge in [-0.1, -0.05) is 13.0 Å². The zero-order valence-corrected chi connectivity index (χ0v) is 5.39. The Labute approximate surface area is 51.0 Å². The molecule has 0 aromatic rings. The molecule has 1 heteroatoms. The van der Waals surface area contributed by atoms with E-state index in [0.29, 0.717) is 5.92 Å². The molecule has 0 spiro atoms. The lowest BCUT2D eigenvalue weighted by Crippen LogP contribution is -1.89. The van der Waals surface area contributed by atoms with Gasteiger partial charge in [0.25, 0.3) is 0 Å². The predicted octanol–water partition coefficient (Wildman–Crippen LogP) is 2.02. The van der Waals surface area contributed by atoms with Crippen LogP contribution in [0.4, 0.5) is 0 Å². The molecule has 0 aliphatic carbocycles. The molecule has 0 saturated carbocycles. The van der Waals surface area contributed by atoms with E-state index in [1.807, 2.05) is 6.08 Å². The molecule has 0 N–H and O–H groups in total. The monoisotopic (exact) mass is 113 g/mol. The van der Waals surface area contributed by atoms with Gasteiger partial charge in [-0.2, -0.15) is 0 Å². The molecule has 0 heterocycles. The van der Waals surface area contributed by atoms with E-state index in [0.717, 1.165) is 12.8 Å². The number of rotatable bonds is 4. The molecule has 0 aliphatic heterocycles. The molecule has 0 aliphatic rings. The van der Waals surface area contributed by atoms with E-state index in [9.17, 15) is 5.11 Å². The van der Waals surface area contributed by atoms with Gasteiger partial charge < -0.3 is 0 Å². The Morgan fingerprint density at radius 3 is 2.75 bits per heavy atom. The van der Waals surface area contributed by atoms with Crippen LogP contribution >= 0.6 is 0 Å². The van der Waals surface area contributed by atoms with Crippen molar-refractivity contribution >= 4 is 0 Å². The van der Waals surface area contributed by atoms with Crippen molar-refractivity contribution in [2.75, 3.05) is 6.61 Å². The highest BCUT2D eigenvalue weighted by Gasteiger charge is 1.92. The summed E-state index contributed by atoms with van der Waals surface area (Å²) in [6.45, 7) is 5.74. The van der Waals surface area contributed by atoms with Gasteiger partial charge in [-0.3, -0.25) is 0 Å². The largest absolute Gasteiger partial charge is 0.237 e. The molecule has 1 atom stereocenters. The van der Waals surface area contributed by atoms with Crippen LogP contribution in [-0.4, -0.2) is 6.61 Å². The zero-order valence-electron chi connectivity index (χ0n) is 5.39. The van der Waals surface area contributed by atoms with Gasteiger partial charge in [0.1, 0.15) is 0 Å². The second-order valence-electron chi connectivity index (χ2n) is 2.06. The molecule has 47 valence electrons. The quantitative estimate of drug-likeness (QED) is 0.497. The molecule has 0 rings (SSSR count). The summed E-state index contributed by atoms with van der Waals surface area (Å²) >= 11 is 0. The Morgan fingerprint density at radius 2 is 2.38 bits per heavy atom. The van der Waals surface area contributed by atoms with Crippen molar-refractivity contribution in [3.63, 3.8) is 0 Å². The van der Waals surface area contributed by atoms with Crippen LogP contribution in [0.1, 0.15) is 19.8 Å². The fourth-order valence-electron chi connectivity index (χ4n) is 0.523. The molecule has 0 aromatic carbocycles. The molecule has 0 fully saturated rings. The van der Waals surface area contributed by atoms with E-state index < -0.39 is 0 Å². The van der Waals surface area contributed by atoms with Gasteiger partial charge in [0, 0.05) is 0 Å². The van der Waals surface area contributed by atoms with Gasteiger partial charge in [0.15, 0.2) is 0 Å². The van der Waals surface area contributed by atoms with Crippen LogP contribution in [0.5, 0.6) is 0 Å². The van der Waals surface area contributed by atoms with E-state index in [2.05, 4.69) is 13.5 Å². The standard InChI is InChI=1S/C7H13O/c1-3-7(2)5-4-6-8/h3,7H,1,4-6H2,2H3. The molecule has 0 aromatic heterocycles. The maximum absolute atomic E-state index is 9.92. The van der Waals surface area contributed by atoms with Crippen LogP contribution in [0.15, 0.2) is 12.7 Å². The SMILES string of the molecule is C=CC(C)CCC[O]. The third-order valence-electron chi connectivity index (χ3n) is 1.21. The molecule has 1 unspecified atom stereocenters. The van der Waals surface area contributed by atoms with Crippen LogP contribution in [0, 0.1) is 5.92 Å². The first-order chi connectivity index (χ1) is 3.81. The second kappa shape index (κ2) is 4.85. The normalized spacial score (nSPS) is 13.2. The van der Waals surface area contributed by atoms with Gasteiger partial charge in [-0.05, 0) is 18.8 Å². The lowest BCUT2D eigenvalue weighted by atomic mass is 10.1. The van der Waals surface area contributed by atoms with Crippen molar-refractivity contribution in [3.05, 3.63) is 12.7 Å². The third kappa shape index (κ3) is 3.88. The van der Waals surface area contributed by atoms with E-state index in [-0.39, 0.29) is 6.61 Å². The summed E-state index contributed by atoms with van der Waals surface area (Å²) in [5.74, 6) is 0.518. The minimum atomic E-state index is 0.0537. The van der Waals surface area contributed by atoms with Crippen LogP contribution < -0.4 is 0 Å². The number of allylic oxidation sites excluding steroid dienone is 1. The molecule has 0 amide bonds. The van der Waals surface area contributed by atoms with Crippen LogP contribution in [0.2, 0.25) is 0 Å². The van der Waals surface area contributed by atoms with Crippen LogP contribution in [0.3, 0.4) is 0 Å². The van der Waals surface area contributed by atoms with Gasteiger partial charge >= 0.3 is 0 Å². The van der Waals surface area contributed by atoms with Crippen molar-refractivity contribution in [2.24, 2.45) is 5.92 Å². The van der Waals surface area contributed by atoms with Gasteiger partial charge in [-0.25, -0.2) is 5.11 Å². The summed E-state index contributed by atoms with van der Waals surface area (Å²) in [5, 5.41) is 9.92. The Kier molecular flexibility index (Phi) is 4.67. The topological polar surface area (TPSA) is 19.9 Å². The molecule has 0 bridgehead atoms. The van der Waals surface area contributed by atoms with E-state index in [4.69, 9.17) is 0 Å². The highest BCUT2D eigenvalue weighted by Crippen LogP contribution is 2.04. The lowest BCUT2D eigenvalue weighted by Gasteiger charge is -1.99.